The number of aromatic nitrogens is 1. The molecular formula is C14H20N2O2. The molecule has 0 aliphatic carbocycles. The molecule has 0 radical (unpaired) electrons. The van der Waals surface area contributed by atoms with Crippen molar-refractivity contribution in [3.8, 4) is 0 Å². The van der Waals surface area contributed by atoms with Crippen LogP contribution in [0.1, 0.15) is 31.1 Å². The second kappa shape index (κ2) is 5.21. The van der Waals surface area contributed by atoms with Gasteiger partial charge in [0.25, 0.3) is 11.5 Å². The molecule has 1 rings (SSSR count). The SMILES string of the molecule is C=CCN(C(=O)c1ccn(C)c(=O)c1)C(C)(C)C. The first-order valence-electron chi connectivity index (χ1n) is 5.87. The number of amides is 1. The molecule has 0 aliphatic heterocycles. The molecule has 98 valence electrons. The number of carbonyl (C=O) groups excluding carboxylic acids is 1. The zero-order valence-electron chi connectivity index (χ0n) is 11.4. The van der Waals surface area contributed by atoms with Crippen molar-refractivity contribution in [2.24, 2.45) is 7.05 Å². The van der Waals surface area contributed by atoms with E-state index in [9.17, 15) is 9.59 Å². The van der Waals surface area contributed by atoms with Crippen LogP contribution in [0.4, 0.5) is 0 Å². The van der Waals surface area contributed by atoms with Crippen LogP contribution in [0.2, 0.25) is 0 Å². The van der Waals surface area contributed by atoms with Gasteiger partial charge < -0.3 is 9.47 Å². The lowest BCUT2D eigenvalue weighted by Crippen LogP contribution is -2.46. The summed E-state index contributed by atoms with van der Waals surface area (Å²) >= 11 is 0. The van der Waals surface area contributed by atoms with Gasteiger partial charge in [-0.2, -0.15) is 0 Å². The van der Waals surface area contributed by atoms with Crippen LogP contribution in [0.15, 0.2) is 35.8 Å². The molecule has 1 amide bonds. The monoisotopic (exact) mass is 248 g/mol. The van der Waals surface area contributed by atoms with Crippen molar-refractivity contribution in [2.75, 3.05) is 6.54 Å². The molecule has 0 unspecified atom stereocenters. The zero-order chi connectivity index (χ0) is 13.9. The van der Waals surface area contributed by atoms with E-state index in [1.165, 1.54) is 10.6 Å². The van der Waals surface area contributed by atoms with Crippen LogP contribution in [0, 0.1) is 0 Å². The fourth-order valence-electron chi connectivity index (χ4n) is 1.63. The summed E-state index contributed by atoms with van der Waals surface area (Å²) in [6.07, 6.45) is 3.29. The second-order valence-electron chi connectivity index (χ2n) is 5.24. The Balaban J connectivity index is 3.13. The fourth-order valence-corrected chi connectivity index (χ4v) is 1.63. The van der Waals surface area contributed by atoms with Crippen LogP contribution in [0.5, 0.6) is 0 Å². The van der Waals surface area contributed by atoms with Crippen LogP contribution in [0.3, 0.4) is 0 Å². The minimum Gasteiger partial charge on any atom is -0.330 e. The summed E-state index contributed by atoms with van der Waals surface area (Å²) in [4.78, 5) is 25.6. The van der Waals surface area contributed by atoms with Crippen LogP contribution in [-0.4, -0.2) is 27.5 Å². The largest absolute Gasteiger partial charge is 0.330 e. The molecule has 18 heavy (non-hydrogen) atoms. The Morgan fingerprint density at radius 2 is 2.11 bits per heavy atom. The Labute approximate surface area is 108 Å². The minimum absolute atomic E-state index is 0.153. The van der Waals surface area contributed by atoms with Gasteiger partial charge in [0.15, 0.2) is 0 Å². The molecule has 0 bridgehead atoms. The van der Waals surface area contributed by atoms with E-state index >= 15 is 0 Å². The summed E-state index contributed by atoms with van der Waals surface area (Å²) in [5.41, 5.74) is -0.0880. The van der Waals surface area contributed by atoms with Gasteiger partial charge in [0.05, 0.1) is 0 Å². The summed E-state index contributed by atoms with van der Waals surface area (Å²) in [6.45, 7) is 9.98. The number of pyridine rings is 1. The van der Waals surface area contributed by atoms with Crippen molar-refractivity contribution in [1.29, 1.82) is 0 Å². The number of carbonyl (C=O) groups is 1. The maximum absolute atomic E-state index is 12.4. The normalized spacial score (nSPS) is 11.1. The summed E-state index contributed by atoms with van der Waals surface area (Å²) in [7, 11) is 1.65. The zero-order valence-corrected chi connectivity index (χ0v) is 11.4. The topological polar surface area (TPSA) is 42.3 Å². The predicted molar refractivity (Wildman–Crippen MR) is 72.7 cm³/mol. The first-order valence-corrected chi connectivity index (χ1v) is 5.87. The van der Waals surface area contributed by atoms with Gasteiger partial charge in [-0.3, -0.25) is 9.59 Å². The van der Waals surface area contributed by atoms with E-state index in [0.29, 0.717) is 12.1 Å². The van der Waals surface area contributed by atoms with Crippen molar-refractivity contribution in [2.45, 2.75) is 26.3 Å². The van der Waals surface area contributed by atoms with E-state index in [-0.39, 0.29) is 17.0 Å². The minimum atomic E-state index is -0.313. The fraction of sp³-hybridized carbons (Fsp3) is 0.429. The lowest BCUT2D eigenvalue weighted by atomic mass is 10.0. The number of aryl methyl sites for hydroxylation is 1. The van der Waals surface area contributed by atoms with E-state index in [2.05, 4.69) is 6.58 Å². The van der Waals surface area contributed by atoms with E-state index < -0.39 is 0 Å². The van der Waals surface area contributed by atoms with E-state index in [1.807, 2.05) is 20.8 Å². The van der Waals surface area contributed by atoms with Crippen LogP contribution >= 0.6 is 0 Å². The quantitative estimate of drug-likeness (QED) is 0.766. The molecule has 0 saturated carbocycles. The van der Waals surface area contributed by atoms with Crippen LogP contribution < -0.4 is 5.56 Å². The molecule has 4 heteroatoms. The number of hydrogen-bond donors (Lipinski definition) is 0. The average Bonchev–Trinajstić information content (AvgIpc) is 2.27. The van der Waals surface area contributed by atoms with Crippen molar-refractivity contribution < 1.29 is 4.79 Å². The second-order valence-corrected chi connectivity index (χ2v) is 5.24. The third-order valence-electron chi connectivity index (χ3n) is 2.72. The van der Waals surface area contributed by atoms with Gasteiger partial charge in [-0.1, -0.05) is 6.08 Å². The van der Waals surface area contributed by atoms with Gasteiger partial charge in [0.1, 0.15) is 0 Å². The Bertz CT molecular complexity index is 509. The average molecular weight is 248 g/mol. The molecule has 1 aromatic rings. The molecule has 0 fully saturated rings. The van der Waals surface area contributed by atoms with Crippen molar-refractivity contribution in [3.63, 3.8) is 0 Å². The third-order valence-corrected chi connectivity index (χ3v) is 2.72. The highest BCUT2D eigenvalue weighted by Gasteiger charge is 2.26. The highest BCUT2D eigenvalue weighted by atomic mass is 16.2. The third kappa shape index (κ3) is 3.09. The Morgan fingerprint density at radius 1 is 1.50 bits per heavy atom. The molecule has 0 saturated heterocycles. The van der Waals surface area contributed by atoms with Gasteiger partial charge in [-0.15, -0.1) is 6.58 Å². The Kier molecular flexibility index (Phi) is 4.11. The molecule has 0 aliphatic rings. The molecule has 0 atom stereocenters. The van der Waals surface area contributed by atoms with E-state index in [4.69, 9.17) is 0 Å². The van der Waals surface area contributed by atoms with E-state index in [0.717, 1.165) is 0 Å². The molecule has 0 aromatic carbocycles. The maximum Gasteiger partial charge on any atom is 0.254 e. The standard InChI is InChI=1S/C14H20N2O2/c1-6-8-16(14(2,3)4)13(18)11-7-9-15(5)12(17)10-11/h6-7,9-10H,1,8H2,2-5H3. The predicted octanol–water partition coefficient (Wildman–Crippen LogP) is 1.81. The summed E-state index contributed by atoms with van der Waals surface area (Å²) < 4.78 is 1.44. The molecule has 4 nitrogen and oxygen atoms in total. The van der Waals surface area contributed by atoms with Crippen molar-refractivity contribution >= 4 is 5.91 Å². The Hall–Kier alpha value is -1.84. The lowest BCUT2D eigenvalue weighted by molar-refractivity contribution is 0.0616. The van der Waals surface area contributed by atoms with Crippen molar-refractivity contribution in [3.05, 3.63) is 46.9 Å². The van der Waals surface area contributed by atoms with E-state index in [1.54, 1.807) is 30.3 Å². The highest BCUT2D eigenvalue weighted by molar-refractivity contribution is 5.94. The first kappa shape index (κ1) is 14.2. The van der Waals surface area contributed by atoms with Gasteiger partial charge >= 0.3 is 0 Å². The highest BCUT2D eigenvalue weighted by Crippen LogP contribution is 2.16. The lowest BCUT2D eigenvalue weighted by Gasteiger charge is -2.35. The summed E-state index contributed by atoms with van der Waals surface area (Å²) in [6, 6.07) is 3.02. The molecular weight excluding hydrogens is 228 g/mol. The molecule has 0 N–H and O–H groups in total. The molecule has 1 heterocycles. The van der Waals surface area contributed by atoms with Gasteiger partial charge in [-0.05, 0) is 26.8 Å². The van der Waals surface area contributed by atoms with Gasteiger partial charge in [0, 0.05) is 37.0 Å². The number of hydrogen-bond acceptors (Lipinski definition) is 2. The van der Waals surface area contributed by atoms with Crippen LogP contribution in [-0.2, 0) is 7.05 Å². The van der Waals surface area contributed by atoms with Crippen LogP contribution in [0.25, 0.3) is 0 Å². The van der Waals surface area contributed by atoms with Gasteiger partial charge in [-0.25, -0.2) is 0 Å². The Morgan fingerprint density at radius 3 is 2.56 bits per heavy atom. The smallest absolute Gasteiger partial charge is 0.254 e. The van der Waals surface area contributed by atoms with Gasteiger partial charge in [0.2, 0.25) is 0 Å². The van der Waals surface area contributed by atoms with Crippen molar-refractivity contribution in [1.82, 2.24) is 9.47 Å². The summed E-state index contributed by atoms with van der Waals surface area (Å²) in [5.74, 6) is -0.153. The molecule has 1 aromatic heterocycles. The number of nitrogens with zero attached hydrogens (tertiary/aromatic N) is 2. The molecule has 0 spiro atoms. The number of rotatable bonds is 3. The summed E-state index contributed by atoms with van der Waals surface area (Å²) in [5, 5.41) is 0. The first-order chi connectivity index (χ1) is 8.27. The maximum atomic E-state index is 12.4.